The largest absolute Gasteiger partial charge is 0.478 e. The zero-order valence-electron chi connectivity index (χ0n) is 10.3. The number of carbonyl (C=O) groups excluding carboxylic acids is 1. The lowest BCUT2D eigenvalue weighted by molar-refractivity contribution is -0.131. The lowest BCUT2D eigenvalue weighted by Gasteiger charge is -2.18. The van der Waals surface area contributed by atoms with Gasteiger partial charge in [0.2, 0.25) is 5.91 Å². The lowest BCUT2D eigenvalue weighted by Crippen LogP contribution is -2.30. The standard InChI is InChI=1S/C13H13N3O3/c1-16(8-12(15)17)11-4-2-9(3-5-13(18)19)6-10(11)7-14/h2-6H,8H2,1H3,(H2,15,17)(H,18,19)/b5-3+. The Kier molecular flexibility index (Phi) is 4.66. The summed E-state index contributed by atoms with van der Waals surface area (Å²) in [6.45, 7) is -0.00100. The molecule has 6 nitrogen and oxygen atoms in total. The maximum Gasteiger partial charge on any atom is 0.328 e. The number of hydrogen-bond donors (Lipinski definition) is 2. The second-order valence-electron chi connectivity index (χ2n) is 3.88. The Balaban J connectivity index is 3.07. The quantitative estimate of drug-likeness (QED) is 0.752. The summed E-state index contributed by atoms with van der Waals surface area (Å²) in [6, 6.07) is 6.85. The van der Waals surface area contributed by atoms with Crippen molar-refractivity contribution in [3.05, 3.63) is 35.4 Å². The minimum absolute atomic E-state index is 0.00100. The number of carbonyl (C=O) groups is 2. The number of carboxylic acid groups (broad SMARTS) is 1. The van der Waals surface area contributed by atoms with Gasteiger partial charge in [-0.05, 0) is 23.8 Å². The first-order chi connectivity index (χ1) is 8.93. The fourth-order valence-corrected chi connectivity index (χ4v) is 1.57. The molecule has 0 radical (unpaired) electrons. The third kappa shape index (κ3) is 4.16. The van der Waals surface area contributed by atoms with Crippen LogP contribution in [0.5, 0.6) is 0 Å². The van der Waals surface area contributed by atoms with Crippen molar-refractivity contribution in [2.45, 2.75) is 0 Å². The predicted octanol–water partition coefficient (Wildman–Crippen LogP) is 0.578. The van der Waals surface area contributed by atoms with Crippen molar-refractivity contribution in [3.8, 4) is 6.07 Å². The highest BCUT2D eigenvalue weighted by Gasteiger charge is 2.09. The van der Waals surface area contributed by atoms with Crippen molar-refractivity contribution in [2.75, 3.05) is 18.5 Å². The van der Waals surface area contributed by atoms with Gasteiger partial charge in [-0.25, -0.2) is 4.79 Å². The molecule has 0 bridgehead atoms. The van der Waals surface area contributed by atoms with Crippen molar-refractivity contribution >= 4 is 23.6 Å². The summed E-state index contributed by atoms with van der Waals surface area (Å²) >= 11 is 0. The molecule has 0 aromatic heterocycles. The van der Waals surface area contributed by atoms with Crippen molar-refractivity contribution in [3.63, 3.8) is 0 Å². The number of hydrogen-bond acceptors (Lipinski definition) is 4. The normalized spacial score (nSPS) is 10.1. The number of rotatable bonds is 5. The number of carboxylic acids is 1. The van der Waals surface area contributed by atoms with Gasteiger partial charge in [0.25, 0.3) is 0 Å². The molecule has 0 spiro atoms. The molecular formula is C13H13N3O3. The molecule has 0 aliphatic heterocycles. The molecule has 3 N–H and O–H groups in total. The Bertz CT molecular complexity index is 573. The maximum atomic E-state index is 10.8. The van der Waals surface area contributed by atoms with E-state index < -0.39 is 11.9 Å². The van der Waals surface area contributed by atoms with Gasteiger partial charge in [-0.15, -0.1) is 0 Å². The molecule has 0 fully saturated rings. The van der Waals surface area contributed by atoms with E-state index in [-0.39, 0.29) is 6.54 Å². The van der Waals surface area contributed by atoms with Crippen LogP contribution in [0, 0.1) is 11.3 Å². The Hall–Kier alpha value is -2.81. The number of benzene rings is 1. The number of anilines is 1. The molecule has 1 amide bonds. The average molecular weight is 259 g/mol. The van der Waals surface area contributed by atoms with Crippen LogP contribution < -0.4 is 10.6 Å². The fourth-order valence-electron chi connectivity index (χ4n) is 1.57. The molecule has 98 valence electrons. The minimum Gasteiger partial charge on any atom is -0.478 e. The molecular weight excluding hydrogens is 246 g/mol. The number of likely N-dealkylation sites (N-methyl/N-ethyl adjacent to an activating group) is 1. The van der Waals surface area contributed by atoms with Gasteiger partial charge >= 0.3 is 5.97 Å². The Morgan fingerprint density at radius 1 is 1.53 bits per heavy atom. The lowest BCUT2D eigenvalue weighted by atomic mass is 10.1. The second kappa shape index (κ2) is 6.21. The zero-order chi connectivity index (χ0) is 14.4. The van der Waals surface area contributed by atoms with Crippen LogP contribution in [0.2, 0.25) is 0 Å². The zero-order valence-corrected chi connectivity index (χ0v) is 10.3. The van der Waals surface area contributed by atoms with Crippen LogP contribution >= 0.6 is 0 Å². The molecule has 0 aliphatic carbocycles. The predicted molar refractivity (Wildman–Crippen MR) is 70.3 cm³/mol. The van der Waals surface area contributed by atoms with Gasteiger partial charge in [-0.1, -0.05) is 6.07 Å². The van der Waals surface area contributed by atoms with E-state index in [0.717, 1.165) is 6.08 Å². The first kappa shape index (κ1) is 14.3. The molecule has 1 rings (SSSR count). The summed E-state index contributed by atoms with van der Waals surface area (Å²) in [7, 11) is 1.65. The van der Waals surface area contributed by atoms with E-state index in [9.17, 15) is 9.59 Å². The van der Waals surface area contributed by atoms with E-state index in [4.69, 9.17) is 16.1 Å². The highest BCUT2D eigenvalue weighted by Crippen LogP contribution is 2.20. The van der Waals surface area contributed by atoms with Gasteiger partial charge in [0.05, 0.1) is 17.8 Å². The number of nitriles is 1. The van der Waals surface area contributed by atoms with Crippen molar-refractivity contribution < 1.29 is 14.7 Å². The smallest absolute Gasteiger partial charge is 0.328 e. The number of amides is 1. The molecule has 1 aromatic rings. The van der Waals surface area contributed by atoms with E-state index in [0.29, 0.717) is 16.8 Å². The van der Waals surface area contributed by atoms with Gasteiger partial charge in [0.15, 0.2) is 0 Å². The van der Waals surface area contributed by atoms with Gasteiger partial charge in [0, 0.05) is 13.1 Å². The molecule has 0 aliphatic rings. The topological polar surface area (TPSA) is 107 Å². The molecule has 0 saturated heterocycles. The van der Waals surface area contributed by atoms with Crippen LogP contribution in [0.4, 0.5) is 5.69 Å². The summed E-state index contributed by atoms with van der Waals surface area (Å²) in [5, 5.41) is 17.6. The highest BCUT2D eigenvalue weighted by atomic mass is 16.4. The Labute approximate surface area is 110 Å². The maximum absolute atomic E-state index is 10.8. The van der Waals surface area contributed by atoms with Crippen molar-refractivity contribution in [1.29, 1.82) is 5.26 Å². The first-order valence-corrected chi connectivity index (χ1v) is 5.38. The molecule has 0 unspecified atom stereocenters. The van der Waals surface area contributed by atoms with Crippen LogP contribution in [-0.4, -0.2) is 30.6 Å². The number of nitrogens with two attached hydrogens (primary N) is 1. The van der Waals surface area contributed by atoms with E-state index in [1.165, 1.54) is 6.08 Å². The Morgan fingerprint density at radius 3 is 2.74 bits per heavy atom. The SMILES string of the molecule is CN(CC(N)=O)c1ccc(/C=C/C(=O)O)cc1C#N. The fraction of sp³-hybridized carbons (Fsp3) is 0.154. The summed E-state index contributed by atoms with van der Waals surface area (Å²) in [4.78, 5) is 22.8. The number of primary amides is 1. The molecule has 0 saturated carbocycles. The molecule has 0 atom stereocenters. The Morgan fingerprint density at radius 2 is 2.21 bits per heavy atom. The van der Waals surface area contributed by atoms with Crippen LogP contribution in [0.15, 0.2) is 24.3 Å². The summed E-state index contributed by atoms with van der Waals surface area (Å²) in [5.74, 6) is -1.56. The monoisotopic (exact) mass is 259 g/mol. The summed E-state index contributed by atoms with van der Waals surface area (Å²) in [5.41, 5.74) is 6.59. The van der Waals surface area contributed by atoms with Crippen LogP contribution in [0.3, 0.4) is 0 Å². The summed E-state index contributed by atoms with van der Waals surface area (Å²) < 4.78 is 0. The van der Waals surface area contributed by atoms with Crippen molar-refractivity contribution in [1.82, 2.24) is 0 Å². The average Bonchev–Trinajstić information content (AvgIpc) is 2.35. The van der Waals surface area contributed by atoms with Crippen molar-refractivity contribution in [2.24, 2.45) is 5.73 Å². The molecule has 6 heteroatoms. The van der Waals surface area contributed by atoms with Gasteiger partial charge in [-0.3, -0.25) is 4.79 Å². The van der Waals surface area contributed by atoms with Crippen LogP contribution in [0.25, 0.3) is 6.08 Å². The number of aliphatic carboxylic acids is 1. The van der Waals surface area contributed by atoms with E-state index in [2.05, 4.69) is 0 Å². The van der Waals surface area contributed by atoms with Gasteiger partial charge in [-0.2, -0.15) is 5.26 Å². The van der Waals surface area contributed by atoms with E-state index >= 15 is 0 Å². The molecule has 1 aromatic carbocycles. The van der Waals surface area contributed by atoms with Gasteiger partial charge in [0.1, 0.15) is 6.07 Å². The minimum atomic E-state index is -1.06. The van der Waals surface area contributed by atoms with Crippen LogP contribution in [0.1, 0.15) is 11.1 Å². The van der Waals surface area contributed by atoms with Gasteiger partial charge < -0.3 is 15.7 Å². The third-order valence-corrected chi connectivity index (χ3v) is 2.36. The van der Waals surface area contributed by atoms with Crippen LogP contribution in [-0.2, 0) is 9.59 Å². The molecule has 19 heavy (non-hydrogen) atoms. The second-order valence-corrected chi connectivity index (χ2v) is 3.88. The first-order valence-electron chi connectivity index (χ1n) is 5.38. The number of nitrogens with zero attached hydrogens (tertiary/aromatic N) is 2. The van der Waals surface area contributed by atoms with E-state index in [1.54, 1.807) is 30.1 Å². The summed E-state index contributed by atoms with van der Waals surface area (Å²) in [6.07, 6.45) is 2.38. The molecule has 0 heterocycles. The van der Waals surface area contributed by atoms with E-state index in [1.807, 2.05) is 6.07 Å². The highest BCUT2D eigenvalue weighted by molar-refractivity contribution is 5.85. The third-order valence-electron chi connectivity index (χ3n) is 2.36.